The number of nitrogens with zero attached hydrogens (tertiary/aromatic N) is 1. The Morgan fingerprint density at radius 1 is 1.30 bits per heavy atom. The van der Waals surface area contributed by atoms with Gasteiger partial charge in [0.1, 0.15) is 12.4 Å². The molecule has 0 saturated carbocycles. The zero-order valence-electron chi connectivity index (χ0n) is 11.4. The molecule has 1 N–H and O–H groups in total. The van der Waals surface area contributed by atoms with Crippen LogP contribution in [-0.2, 0) is 11.3 Å². The first-order valence-corrected chi connectivity index (χ1v) is 6.09. The van der Waals surface area contributed by atoms with Crippen molar-refractivity contribution in [2.75, 3.05) is 38.8 Å². The van der Waals surface area contributed by atoms with Crippen molar-refractivity contribution >= 4 is 5.69 Å². The fraction of sp³-hybridized carbons (Fsp3) is 0.538. The number of alkyl halides is 3. The van der Waals surface area contributed by atoms with Crippen LogP contribution < -0.4 is 10.2 Å². The van der Waals surface area contributed by atoms with Gasteiger partial charge in [-0.05, 0) is 17.7 Å². The second kappa shape index (κ2) is 7.44. The van der Waals surface area contributed by atoms with Crippen LogP contribution in [0.5, 0.6) is 0 Å². The third kappa shape index (κ3) is 5.75. The lowest BCUT2D eigenvalue weighted by atomic mass is 10.2. The molecule has 0 aliphatic rings. The van der Waals surface area contributed by atoms with Crippen LogP contribution in [0.25, 0.3) is 0 Å². The lowest BCUT2D eigenvalue weighted by Crippen LogP contribution is -2.31. The summed E-state index contributed by atoms with van der Waals surface area (Å²) in [5.74, 6) is -0.664. The number of rotatable bonds is 7. The molecule has 0 spiro atoms. The summed E-state index contributed by atoms with van der Waals surface area (Å²) in [6.07, 6.45) is -4.36. The van der Waals surface area contributed by atoms with Crippen molar-refractivity contribution in [2.24, 2.45) is 0 Å². The minimum absolute atomic E-state index is 0.0667. The van der Waals surface area contributed by atoms with Crippen LogP contribution in [0.3, 0.4) is 0 Å². The fourth-order valence-electron chi connectivity index (χ4n) is 1.73. The highest BCUT2D eigenvalue weighted by molar-refractivity contribution is 5.48. The lowest BCUT2D eigenvalue weighted by Gasteiger charge is -2.21. The maximum atomic E-state index is 13.8. The van der Waals surface area contributed by atoms with Gasteiger partial charge in [0, 0.05) is 27.2 Å². The molecule has 0 heterocycles. The van der Waals surface area contributed by atoms with Crippen molar-refractivity contribution in [3.05, 3.63) is 29.6 Å². The van der Waals surface area contributed by atoms with Crippen molar-refractivity contribution in [2.45, 2.75) is 12.7 Å². The highest BCUT2D eigenvalue weighted by Gasteiger charge is 2.30. The summed E-state index contributed by atoms with van der Waals surface area (Å²) in [5, 5.41) is 3.03. The molecule has 0 aliphatic heterocycles. The van der Waals surface area contributed by atoms with E-state index in [1.807, 2.05) is 0 Å². The first-order valence-electron chi connectivity index (χ1n) is 6.09. The van der Waals surface area contributed by atoms with Gasteiger partial charge in [0.15, 0.2) is 0 Å². The molecule has 0 bridgehead atoms. The van der Waals surface area contributed by atoms with E-state index < -0.39 is 18.5 Å². The van der Waals surface area contributed by atoms with Crippen molar-refractivity contribution in [3.8, 4) is 0 Å². The quantitative estimate of drug-likeness (QED) is 0.618. The molecule has 7 heteroatoms. The van der Waals surface area contributed by atoms with Crippen molar-refractivity contribution in [3.63, 3.8) is 0 Å². The predicted molar refractivity (Wildman–Crippen MR) is 69.3 cm³/mol. The van der Waals surface area contributed by atoms with Gasteiger partial charge in [-0.25, -0.2) is 4.39 Å². The summed E-state index contributed by atoms with van der Waals surface area (Å²) in [7, 11) is 2.79. The normalized spacial score (nSPS) is 11.7. The number of anilines is 1. The van der Waals surface area contributed by atoms with Crippen molar-refractivity contribution < 1.29 is 22.3 Å². The Hall–Kier alpha value is -1.34. The molecule has 0 amide bonds. The van der Waals surface area contributed by atoms with E-state index >= 15 is 0 Å². The maximum absolute atomic E-state index is 13.8. The molecule has 0 radical (unpaired) electrons. The average molecular weight is 294 g/mol. The number of hydrogen-bond acceptors (Lipinski definition) is 3. The summed E-state index contributed by atoms with van der Waals surface area (Å²) < 4.78 is 55.4. The molecule has 1 rings (SSSR count). The van der Waals surface area contributed by atoms with Gasteiger partial charge >= 0.3 is 6.18 Å². The Labute approximate surface area is 115 Å². The number of nitrogens with one attached hydrogen (secondary N) is 1. The zero-order valence-corrected chi connectivity index (χ0v) is 11.4. The first kappa shape index (κ1) is 16.7. The van der Waals surface area contributed by atoms with Crippen LogP contribution in [-0.4, -0.2) is 40.0 Å². The molecular formula is C13H18F4N2O. The smallest absolute Gasteiger partial charge is 0.383 e. The third-order valence-electron chi connectivity index (χ3n) is 2.65. The Bertz CT molecular complexity index is 423. The zero-order chi connectivity index (χ0) is 15.2. The number of hydrogen-bond donors (Lipinski definition) is 1. The van der Waals surface area contributed by atoms with E-state index in [4.69, 9.17) is 4.74 Å². The minimum atomic E-state index is -4.36. The van der Waals surface area contributed by atoms with Crippen LogP contribution in [0, 0.1) is 5.82 Å². The summed E-state index contributed by atoms with van der Waals surface area (Å²) in [6, 6.07) is 4.20. The lowest BCUT2D eigenvalue weighted by molar-refractivity contribution is -0.119. The average Bonchev–Trinajstić information content (AvgIpc) is 2.32. The van der Waals surface area contributed by atoms with Gasteiger partial charge in [-0.15, -0.1) is 0 Å². The van der Waals surface area contributed by atoms with Gasteiger partial charge in [-0.1, -0.05) is 6.07 Å². The SMILES string of the molecule is COCCNCc1ccc(N(C)CC(F)(F)F)c(F)c1. The van der Waals surface area contributed by atoms with E-state index in [1.54, 1.807) is 13.2 Å². The molecule has 114 valence electrons. The number of benzene rings is 1. The molecule has 0 aliphatic carbocycles. The molecule has 0 saturated heterocycles. The molecule has 0 fully saturated rings. The Kier molecular flexibility index (Phi) is 6.22. The van der Waals surface area contributed by atoms with E-state index in [0.29, 0.717) is 25.3 Å². The van der Waals surface area contributed by atoms with E-state index in [1.165, 1.54) is 19.2 Å². The van der Waals surface area contributed by atoms with Gasteiger partial charge in [-0.3, -0.25) is 0 Å². The van der Waals surface area contributed by atoms with E-state index in [0.717, 1.165) is 4.90 Å². The fourth-order valence-corrected chi connectivity index (χ4v) is 1.73. The van der Waals surface area contributed by atoms with E-state index in [-0.39, 0.29) is 5.69 Å². The van der Waals surface area contributed by atoms with Crippen LogP contribution in [0.4, 0.5) is 23.2 Å². The first-order chi connectivity index (χ1) is 9.33. The molecule has 0 atom stereocenters. The minimum Gasteiger partial charge on any atom is -0.383 e. The molecule has 1 aromatic rings. The van der Waals surface area contributed by atoms with Crippen LogP contribution >= 0.6 is 0 Å². The van der Waals surface area contributed by atoms with Gasteiger partial charge in [-0.2, -0.15) is 13.2 Å². The van der Waals surface area contributed by atoms with Gasteiger partial charge < -0.3 is 15.0 Å². The van der Waals surface area contributed by atoms with Crippen LogP contribution in [0.1, 0.15) is 5.56 Å². The topological polar surface area (TPSA) is 24.5 Å². The molecule has 1 aromatic carbocycles. The van der Waals surface area contributed by atoms with Gasteiger partial charge in [0.05, 0.1) is 12.3 Å². The molecular weight excluding hydrogens is 276 g/mol. The molecule has 0 unspecified atom stereocenters. The van der Waals surface area contributed by atoms with Gasteiger partial charge in [0.2, 0.25) is 0 Å². The molecule has 3 nitrogen and oxygen atoms in total. The molecule has 0 aromatic heterocycles. The second-order valence-electron chi connectivity index (χ2n) is 4.43. The third-order valence-corrected chi connectivity index (χ3v) is 2.65. The van der Waals surface area contributed by atoms with Crippen molar-refractivity contribution in [1.82, 2.24) is 5.32 Å². The standard InChI is InChI=1S/C13H18F4N2O/c1-19(9-13(15,16)17)12-4-3-10(7-11(12)14)8-18-5-6-20-2/h3-4,7,18H,5-6,8-9H2,1-2H3. The van der Waals surface area contributed by atoms with Crippen LogP contribution in [0.15, 0.2) is 18.2 Å². The van der Waals surface area contributed by atoms with E-state index in [2.05, 4.69) is 5.32 Å². The summed E-state index contributed by atoms with van der Waals surface area (Å²) >= 11 is 0. The summed E-state index contributed by atoms with van der Waals surface area (Å²) in [6.45, 7) is 0.404. The van der Waals surface area contributed by atoms with Gasteiger partial charge in [0.25, 0.3) is 0 Å². The monoisotopic (exact) mass is 294 g/mol. The van der Waals surface area contributed by atoms with E-state index in [9.17, 15) is 17.6 Å². The highest BCUT2D eigenvalue weighted by Crippen LogP contribution is 2.24. The highest BCUT2D eigenvalue weighted by atomic mass is 19.4. The second-order valence-corrected chi connectivity index (χ2v) is 4.43. The summed E-state index contributed by atoms with van der Waals surface area (Å²) in [5.41, 5.74) is 0.603. The largest absolute Gasteiger partial charge is 0.405 e. The molecule has 20 heavy (non-hydrogen) atoms. The maximum Gasteiger partial charge on any atom is 0.405 e. The Morgan fingerprint density at radius 2 is 2.00 bits per heavy atom. The Balaban J connectivity index is 2.63. The van der Waals surface area contributed by atoms with Crippen molar-refractivity contribution in [1.29, 1.82) is 0 Å². The Morgan fingerprint density at radius 3 is 2.55 bits per heavy atom. The summed E-state index contributed by atoms with van der Waals surface area (Å²) in [4.78, 5) is 0.845. The number of methoxy groups -OCH3 is 1. The predicted octanol–water partition coefficient (Wildman–Crippen LogP) is 2.56. The number of halogens is 4. The number of ether oxygens (including phenoxy) is 1. The van der Waals surface area contributed by atoms with Crippen LogP contribution in [0.2, 0.25) is 0 Å².